The summed E-state index contributed by atoms with van der Waals surface area (Å²) in [5.41, 5.74) is 0.699. The maximum absolute atomic E-state index is 12.8. The van der Waals surface area contributed by atoms with Crippen LogP contribution in [0.4, 0.5) is 0 Å². The van der Waals surface area contributed by atoms with E-state index in [2.05, 4.69) is 0 Å². The van der Waals surface area contributed by atoms with E-state index in [1.807, 2.05) is 0 Å². The highest BCUT2D eigenvalue weighted by Crippen LogP contribution is 2.27. The lowest BCUT2D eigenvalue weighted by atomic mass is 10.1. The molecule has 1 aromatic heterocycles. The van der Waals surface area contributed by atoms with Crippen LogP contribution in [0.3, 0.4) is 0 Å². The number of amides is 1. The minimum atomic E-state index is -3.13. The van der Waals surface area contributed by atoms with Crippen LogP contribution in [0.2, 0.25) is 10.0 Å². The maximum atomic E-state index is 12.8. The molecule has 2 heterocycles. The molecule has 5 nitrogen and oxygen atoms in total. The van der Waals surface area contributed by atoms with Gasteiger partial charge in [0, 0.05) is 22.6 Å². The van der Waals surface area contributed by atoms with Crippen molar-refractivity contribution in [2.45, 2.75) is 19.0 Å². The Morgan fingerprint density at radius 3 is 2.67 bits per heavy atom. The fraction of sp³-hybridized carbons (Fsp3) is 0.312. The summed E-state index contributed by atoms with van der Waals surface area (Å²) >= 11 is 12.1. The molecule has 24 heavy (non-hydrogen) atoms. The molecule has 0 aliphatic carbocycles. The number of benzene rings is 1. The van der Waals surface area contributed by atoms with Crippen molar-refractivity contribution in [2.24, 2.45) is 0 Å². The lowest BCUT2D eigenvalue weighted by Gasteiger charge is -2.28. The molecule has 0 N–H and O–H groups in total. The number of furan rings is 1. The molecule has 1 amide bonds. The van der Waals surface area contributed by atoms with Crippen LogP contribution >= 0.6 is 23.2 Å². The summed E-state index contributed by atoms with van der Waals surface area (Å²) in [6.07, 6.45) is 1.81. The van der Waals surface area contributed by atoms with E-state index in [0.717, 1.165) is 0 Å². The van der Waals surface area contributed by atoms with Crippen molar-refractivity contribution < 1.29 is 17.6 Å². The van der Waals surface area contributed by atoms with Crippen LogP contribution in [-0.4, -0.2) is 36.8 Å². The van der Waals surface area contributed by atoms with Gasteiger partial charge in [-0.3, -0.25) is 4.79 Å². The number of rotatable bonds is 4. The van der Waals surface area contributed by atoms with Gasteiger partial charge in [-0.15, -0.1) is 0 Å². The third kappa shape index (κ3) is 3.77. The van der Waals surface area contributed by atoms with E-state index in [4.69, 9.17) is 27.6 Å². The third-order valence-corrected chi connectivity index (χ3v) is 6.34. The fourth-order valence-electron chi connectivity index (χ4n) is 2.76. The Kier molecular flexibility index (Phi) is 4.90. The van der Waals surface area contributed by atoms with Gasteiger partial charge in [-0.05, 0) is 36.2 Å². The first-order valence-electron chi connectivity index (χ1n) is 7.34. The molecule has 0 saturated carbocycles. The zero-order chi connectivity index (χ0) is 17.3. The average Bonchev–Trinajstić information content (AvgIpc) is 3.15. The van der Waals surface area contributed by atoms with Crippen molar-refractivity contribution in [3.8, 4) is 0 Å². The van der Waals surface area contributed by atoms with Crippen LogP contribution in [0.5, 0.6) is 0 Å². The molecule has 128 valence electrons. The van der Waals surface area contributed by atoms with E-state index < -0.39 is 15.9 Å². The van der Waals surface area contributed by atoms with E-state index >= 15 is 0 Å². The number of sulfone groups is 1. The minimum absolute atomic E-state index is 0.0509. The van der Waals surface area contributed by atoms with E-state index in [1.54, 1.807) is 30.3 Å². The van der Waals surface area contributed by atoms with Gasteiger partial charge in [0.25, 0.3) is 5.91 Å². The molecule has 1 aromatic carbocycles. The van der Waals surface area contributed by atoms with Crippen molar-refractivity contribution in [1.29, 1.82) is 0 Å². The number of carbonyl (C=O) groups is 1. The molecule has 0 spiro atoms. The van der Waals surface area contributed by atoms with Crippen LogP contribution in [0.25, 0.3) is 0 Å². The Hall–Kier alpha value is -1.50. The second kappa shape index (κ2) is 6.78. The second-order valence-corrected chi connectivity index (χ2v) is 8.78. The van der Waals surface area contributed by atoms with Gasteiger partial charge in [0.15, 0.2) is 15.6 Å². The predicted octanol–water partition coefficient (Wildman–Crippen LogP) is 3.42. The summed E-state index contributed by atoms with van der Waals surface area (Å²) in [7, 11) is -3.13. The lowest BCUT2D eigenvalue weighted by molar-refractivity contribution is 0.0648. The summed E-state index contributed by atoms with van der Waals surface area (Å²) < 4.78 is 28.8. The molecule has 1 atom stereocenters. The summed E-state index contributed by atoms with van der Waals surface area (Å²) in [4.78, 5) is 14.3. The smallest absolute Gasteiger partial charge is 0.290 e. The Bertz CT molecular complexity index is 849. The number of nitrogens with zero attached hydrogens (tertiary/aromatic N) is 1. The Morgan fingerprint density at radius 2 is 2.08 bits per heavy atom. The number of hydrogen-bond donors (Lipinski definition) is 0. The van der Waals surface area contributed by atoms with Crippen molar-refractivity contribution in [2.75, 3.05) is 11.5 Å². The first-order valence-corrected chi connectivity index (χ1v) is 9.92. The molecule has 3 rings (SSSR count). The minimum Gasteiger partial charge on any atom is -0.459 e. The van der Waals surface area contributed by atoms with Crippen molar-refractivity contribution in [1.82, 2.24) is 4.90 Å². The van der Waals surface area contributed by atoms with Crippen molar-refractivity contribution >= 4 is 38.9 Å². The van der Waals surface area contributed by atoms with Crippen molar-refractivity contribution in [3.05, 3.63) is 58.0 Å². The number of halogens is 2. The highest BCUT2D eigenvalue weighted by Gasteiger charge is 2.36. The average molecular weight is 388 g/mol. The van der Waals surface area contributed by atoms with Gasteiger partial charge >= 0.3 is 0 Å². The van der Waals surface area contributed by atoms with Gasteiger partial charge in [-0.25, -0.2) is 8.42 Å². The summed E-state index contributed by atoms with van der Waals surface area (Å²) in [6, 6.07) is 7.79. The number of hydrogen-bond acceptors (Lipinski definition) is 4. The SMILES string of the molecule is O=C(c1ccco1)N(Cc1ccc(Cl)cc1Cl)[C@@H]1CCS(=O)(=O)C1. The molecule has 2 aromatic rings. The number of carbonyl (C=O) groups excluding carboxylic acids is 1. The molecule has 1 fully saturated rings. The standard InChI is InChI=1S/C16H15Cl2NO4S/c17-12-4-3-11(14(18)8-12)9-19(13-5-7-24(21,22)10-13)16(20)15-2-1-6-23-15/h1-4,6,8,13H,5,7,9-10H2/t13-/m1/s1. The maximum Gasteiger partial charge on any atom is 0.290 e. The van der Waals surface area contributed by atoms with Gasteiger partial charge in [-0.2, -0.15) is 0 Å². The Labute approximate surface area is 150 Å². The van der Waals surface area contributed by atoms with E-state index in [-0.39, 0.29) is 29.7 Å². The van der Waals surface area contributed by atoms with Gasteiger partial charge < -0.3 is 9.32 Å². The van der Waals surface area contributed by atoms with Crippen LogP contribution in [0.15, 0.2) is 41.0 Å². The van der Waals surface area contributed by atoms with E-state index in [0.29, 0.717) is 22.0 Å². The molecule has 8 heteroatoms. The first kappa shape index (κ1) is 17.3. The van der Waals surface area contributed by atoms with Gasteiger partial charge in [-0.1, -0.05) is 29.3 Å². The Morgan fingerprint density at radius 1 is 1.29 bits per heavy atom. The van der Waals surface area contributed by atoms with E-state index in [1.165, 1.54) is 11.2 Å². The fourth-order valence-corrected chi connectivity index (χ4v) is 4.96. The molecule has 0 unspecified atom stereocenters. The highest BCUT2D eigenvalue weighted by molar-refractivity contribution is 7.91. The first-order chi connectivity index (χ1) is 11.4. The van der Waals surface area contributed by atoms with Gasteiger partial charge in [0.05, 0.1) is 17.8 Å². The van der Waals surface area contributed by atoms with E-state index in [9.17, 15) is 13.2 Å². The molecule has 1 saturated heterocycles. The normalized spacial score (nSPS) is 19.3. The van der Waals surface area contributed by atoms with Crippen molar-refractivity contribution in [3.63, 3.8) is 0 Å². The zero-order valence-corrected chi connectivity index (χ0v) is 14.9. The van der Waals surface area contributed by atoms with Crippen LogP contribution in [-0.2, 0) is 16.4 Å². The summed E-state index contributed by atoms with van der Waals surface area (Å²) in [6.45, 7) is 0.190. The molecule has 1 aliphatic rings. The van der Waals surface area contributed by atoms with Gasteiger partial charge in [0.1, 0.15) is 0 Å². The van der Waals surface area contributed by atoms with Crippen LogP contribution in [0.1, 0.15) is 22.5 Å². The molecule has 0 bridgehead atoms. The molecule has 1 aliphatic heterocycles. The second-order valence-electron chi connectivity index (χ2n) is 5.70. The third-order valence-electron chi connectivity index (χ3n) is 4.00. The zero-order valence-electron chi connectivity index (χ0n) is 12.6. The quantitative estimate of drug-likeness (QED) is 0.805. The predicted molar refractivity (Wildman–Crippen MR) is 92.1 cm³/mol. The van der Waals surface area contributed by atoms with Gasteiger partial charge in [0.2, 0.25) is 0 Å². The Balaban J connectivity index is 1.91. The molecule has 0 radical (unpaired) electrons. The van der Waals surface area contributed by atoms with Crippen LogP contribution in [0, 0.1) is 0 Å². The summed E-state index contributed by atoms with van der Waals surface area (Å²) in [5, 5.41) is 0.928. The largest absolute Gasteiger partial charge is 0.459 e. The molecular formula is C16H15Cl2NO4S. The molecular weight excluding hydrogens is 373 g/mol. The highest BCUT2D eigenvalue weighted by atomic mass is 35.5. The lowest BCUT2D eigenvalue weighted by Crippen LogP contribution is -2.40. The topological polar surface area (TPSA) is 67.6 Å². The summed E-state index contributed by atoms with van der Waals surface area (Å²) in [5.74, 6) is -0.156. The van der Waals surface area contributed by atoms with Crippen LogP contribution < -0.4 is 0 Å². The monoisotopic (exact) mass is 387 g/mol.